The van der Waals surface area contributed by atoms with Crippen molar-refractivity contribution in [1.29, 1.82) is 0 Å². The third kappa shape index (κ3) is 3.33. The predicted octanol–water partition coefficient (Wildman–Crippen LogP) is -0.0493. The number of carboxylic acids is 1. The molecule has 0 aliphatic heterocycles. The second-order valence-corrected chi connectivity index (χ2v) is 3.73. The Balaban J connectivity index is 4.22. The van der Waals surface area contributed by atoms with Gasteiger partial charge in [0.25, 0.3) is 0 Å². The summed E-state index contributed by atoms with van der Waals surface area (Å²) in [5, 5.41) is 11.4. The van der Waals surface area contributed by atoms with Crippen molar-refractivity contribution in [2.24, 2.45) is 11.1 Å². The molecule has 0 aromatic carbocycles. The van der Waals surface area contributed by atoms with Crippen molar-refractivity contribution >= 4 is 11.9 Å². The second kappa shape index (κ2) is 4.95. The van der Waals surface area contributed by atoms with E-state index in [1.165, 1.54) is 0 Å². The van der Waals surface area contributed by atoms with Crippen molar-refractivity contribution in [3.8, 4) is 0 Å². The predicted molar refractivity (Wildman–Crippen MR) is 52.7 cm³/mol. The van der Waals surface area contributed by atoms with Gasteiger partial charge in [-0.2, -0.15) is 0 Å². The highest BCUT2D eigenvalue weighted by Gasteiger charge is 2.31. The Morgan fingerprint density at radius 3 is 2.36 bits per heavy atom. The minimum atomic E-state index is -0.912. The number of aliphatic carboxylic acids is 1. The van der Waals surface area contributed by atoms with Crippen LogP contribution in [0, 0.1) is 5.41 Å². The fourth-order valence-electron chi connectivity index (χ4n) is 0.795. The van der Waals surface area contributed by atoms with E-state index >= 15 is 0 Å². The molecule has 0 aromatic heterocycles. The highest BCUT2D eigenvalue weighted by Crippen LogP contribution is 2.19. The maximum absolute atomic E-state index is 11.1. The summed E-state index contributed by atoms with van der Waals surface area (Å²) in [4.78, 5) is 22.0. The van der Waals surface area contributed by atoms with Gasteiger partial charge in [-0.1, -0.05) is 6.92 Å². The molecule has 82 valence electrons. The fourth-order valence-corrected chi connectivity index (χ4v) is 0.795. The SMILES string of the molecule is CCC(C)(CNC(=O)[C@@H](C)N)C(=O)O. The molecule has 5 heteroatoms. The van der Waals surface area contributed by atoms with Crippen LogP contribution in [-0.2, 0) is 9.59 Å². The van der Waals surface area contributed by atoms with Crippen molar-refractivity contribution in [1.82, 2.24) is 5.32 Å². The quantitative estimate of drug-likeness (QED) is 0.582. The Labute approximate surface area is 83.7 Å². The van der Waals surface area contributed by atoms with Gasteiger partial charge >= 0.3 is 5.97 Å². The zero-order chi connectivity index (χ0) is 11.4. The van der Waals surface area contributed by atoms with Gasteiger partial charge in [-0.15, -0.1) is 0 Å². The van der Waals surface area contributed by atoms with E-state index in [1.54, 1.807) is 20.8 Å². The summed E-state index contributed by atoms with van der Waals surface area (Å²) in [7, 11) is 0. The molecule has 0 aromatic rings. The number of nitrogens with two attached hydrogens (primary N) is 1. The average Bonchev–Trinajstić information content (AvgIpc) is 2.12. The Kier molecular flexibility index (Phi) is 4.56. The first-order valence-electron chi connectivity index (χ1n) is 4.60. The molecule has 4 N–H and O–H groups in total. The highest BCUT2D eigenvalue weighted by molar-refractivity contribution is 5.82. The van der Waals surface area contributed by atoms with Crippen LogP contribution >= 0.6 is 0 Å². The van der Waals surface area contributed by atoms with Crippen molar-refractivity contribution in [3.63, 3.8) is 0 Å². The van der Waals surface area contributed by atoms with E-state index in [-0.39, 0.29) is 12.5 Å². The minimum absolute atomic E-state index is 0.110. The van der Waals surface area contributed by atoms with Crippen LogP contribution in [0.1, 0.15) is 27.2 Å². The van der Waals surface area contributed by atoms with Gasteiger partial charge in [0.1, 0.15) is 0 Å². The van der Waals surface area contributed by atoms with E-state index in [1.807, 2.05) is 0 Å². The number of nitrogens with one attached hydrogen (secondary N) is 1. The third-order valence-corrected chi connectivity index (χ3v) is 2.36. The number of carbonyl (C=O) groups excluding carboxylic acids is 1. The van der Waals surface area contributed by atoms with E-state index in [2.05, 4.69) is 5.32 Å². The van der Waals surface area contributed by atoms with Gasteiger partial charge in [0.15, 0.2) is 0 Å². The largest absolute Gasteiger partial charge is 0.481 e. The number of carboxylic acid groups (broad SMARTS) is 1. The average molecular weight is 202 g/mol. The normalized spacial score (nSPS) is 16.9. The van der Waals surface area contributed by atoms with Gasteiger partial charge in [0.05, 0.1) is 11.5 Å². The van der Waals surface area contributed by atoms with Crippen LogP contribution in [0.4, 0.5) is 0 Å². The number of hydrogen-bond donors (Lipinski definition) is 3. The van der Waals surface area contributed by atoms with Crippen LogP contribution < -0.4 is 11.1 Å². The maximum Gasteiger partial charge on any atom is 0.311 e. The summed E-state index contributed by atoms with van der Waals surface area (Å²) in [5.74, 6) is -1.24. The molecule has 0 spiro atoms. The number of amides is 1. The van der Waals surface area contributed by atoms with Crippen LogP contribution in [-0.4, -0.2) is 29.6 Å². The molecule has 1 amide bonds. The second-order valence-electron chi connectivity index (χ2n) is 3.73. The first-order chi connectivity index (χ1) is 6.33. The Bertz CT molecular complexity index is 228. The monoisotopic (exact) mass is 202 g/mol. The Morgan fingerprint density at radius 1 is 1.57 bits per heavy atom. The van der Waals surface area contributed by atoms with Gasteiger partial charge in [-0.05, 0) is 20.3 Å². The standard InChI is InChI=1S/C9H18N2O3/c1-4-9(3,8(13)14)5-11-7(12)6(2)10/h6H,4-5,10H2,1-3H3,(H,11,12)(H,13,14)/t6-,9?/m1/s1. The molecule has 5 nitrogen and oxygen atoms in total. The van der Waals surface area contributed by atoms with Crippen molar-refractivity contribution in [3.05, 3.63) is 0 Å². The van der Waals surface area contributed by atoms with Crippen LogP contribution in [0.2, 0.25) is 0 Å². The zero-order valence-corrected chi connectivity index (χ0v) is 8.83. The van der Waals surface area contributed by atoms with E-state index in [0.29, 0.717) is 6.42 Å². The molecule has 0 saturated heterocycles. The molecule has 0 heterocycles. The molecule has 0 fully saturated rings. The molecule has 0 aliphatic rings. The number of hydrogen-bond acceptors (Lipinski definition) is 3. The van der Waals surface area contributed by atoms with Gasteiger partial charge < -0.3 is 16.2 Å². The topological polar surface area (TPSA) is 92.4 Å². The van der Waals surface area contributed by atoms with Crippen molar-refractivity contribution in [2.75, 3.05) is 6.54 Å². The Morgan fingerprint density at radius 2 is 2.07 bits per heavy atom. The van der Waals surface area contributed by atoms with Crippen LogP contribution in [0.15, 0.2) is 0 Å². The first-order valence-corrected chi connectivity index (χ1v) is 4.60. The molecule has 0 bridgehead atoms. The summed E-state index contributed by atoms with van der Waals surface area (Å²) in [6.45, 7) is 5.03. The van der Waals surface area contributed by atoms with Gasteiger partial charge in [0, 0.05) is 6.54 Å². The highest BCUT2D eigenvalue weighted by atomic mass is 16.4. The lowest BCUT2D eigenvalue weighted by atomic mass is 9.87. The zero-order valence-electron chi connectivity index (χ0n) is 8.83. The Hall–Kier alpha value is -1.10. The molecule has 1 unspecified atom stereocenters. The van der Waals surface area contributed by atoms with Gasteiger partial charge in [-0.25, -0.2) is 0 Å². The third-order valence-electron chi connectivity index (χ3n) is 2.36. The van der Waals surface area contributed by atoms with E-state index in [0.717, 1.165) is 0 Å². The maximum atomic E-state index is 11.1. The van der Waals surface area contributed by atoms with E-state index in [4.69, 9.17) is 10.8 Å². The van der Waals surface area contributed by atoms with Gasteiger partial charge in [0.2, 0.25) is 5.91 Å². The summed E-state index contributed by atoms with van der Waals surface area (Å²) in [5.41, 5.74) is 4.41. The summed E-state index contributed by atoms with van der Waals surface area (Å²) < 4.78 is 0. The smallest absolute Gasteiger partial charge is 0.311 e. The van der Waals surface area contributed by atoms with Crippen LogP contribution in [0.5, 0.6) is 0 Å². The lowest BCUT2D eigenvalue weighted by molar-refractivity contribution is -0.148. The van der Waals surface area contributed by atoms with Crippen LogP contribution in [0.25, 0.3) is 0 Å². The van der Waals surface area contributed by atoms with Crippen LogP contribution in [0.3, 0.4) is 0 Å². The van der Waals surface area contributed by atoms with Crippen molar-refractivity contribution in [2.45, 2.75) is 33.2 Å². The number of carbonyl (C=O) groups is 2. The molecule has 0 radical (unpaired) electrons. The minimum Gasteiger partial charge on any atom is -0.481 e. The van der Waals surface area contributed by atoms with E-state index in [9.17, 15) is 9.59 Å². The van der Waals surface area contributed by atoms with Gasteiger partial charge in [-0.3, -0.25) is 9.59 Å². The van der Waals surface area contributed by atoms with Crippen molar-refractivity contribution < 1.29 is 14.7 Å². The molecule has 14 heavy (non-hydrogen) atoms. The number of rotatable bonds is 5. The lowest BCUT2D eigenvalue weighted by Gasteiger charge is -2.23. The summed E-state index contributed by atoms with van der Waals surface area (Å²) in [6, 6.07) is -0.607. The molecular formula is C9H18N2O3. The van der Waals surface area contributed by atoms with E-state index < -0.39 is 17.4 Å². The molecule has 0 rings (SSSR count). The summed E-state index contributed by atoms with van der Waals surface area (Å²) >= 11 is 0. The fraction of sp³-hybridized carbons (Fsp3) is 0.778. The molecule has 0 aliphatic carbocycles. The molecule has 2 atom stereocenters. The lowest BCUT2D eigenvalue weighted by Crippen LogP contribution is -2.45. The summed E-state index contributed by atoms with van der Waals surface area (Å²) in [6.07, 6.45) is 0.460. The molecular weight excluding hydrogens is 184 g/mol. The molecule has 0 saturated carbocycles. The first kappa shape index (κ1) is 12.9.